The molecule has 2 heterocycles. The SMILES string of the molecule is O=C(c1ncc(C2=CNCC=C2Sc2ccccc2)s1)S(=O)(=O)c1ccc([N+](=O)[O-])cc1. The number of nitro benzene ring substituents is 1. The molecule has 3 aromatic rings. The zero-order valence-corrected chi connectivity index (χ0v) is 18.7. The highest BCUT2D eigenvalue weighted by molar-refractivity contribution is 8.07. The number of benzene rings is 2. The number of hydrogen-bond acceptors (Lipinski definition) is 9. The van der Waals surface area contributed by atoms with Crippen molar-refractivity contribution in [2.24, 2.45) is 0 Å². The number of thiazole rings is 1. The van der Waals surface area contributed by atoms with Crippen LogP contribution < -0.4 is 5.32 Å². The van der Waals surface area contributed by atoms with Gasteiger partial charge >= 0.3 is 5.12 Å². The summed E-state index contributed by atoms with van der Waals surface area (Å²) in [6.07, 6.45) is 5.31. The van der Waals surface area contributed by atoms with E-state index in [4.69, 9.17) is 0 Å². The van der Waals surface area contributed by atoms with Gasteiger partial charge in [0.15, 0.2) is 5.01 Å². The number of nitro groups is 1. The molecule has 0 fully saturated rings. The topological polar surface area (TPSA) is 119 Å². The van der Waals surface area contributed by atoms with Gasteiger partial charge in [-0.15, -0.1) is 11.3 Å². The smallest absolute Gasteiger partial charge is 0.309 e. The van der Waals surface area contributed by atoms with E-state index in [9.17, 15) is 23.3 Å². The molecule has 0 bridgehead atoms. The van der Waals surface area contributed by atoms with Crippen molar-refractivity contribution in [1.29, 1.82) is 0 Å². The number of allylic oxidation sites excluding steroid dienone is 1. The third kappa shape index (κ3) is 4.49. The molecular weight excluding hydrogens is 470 g/mol. The van der Waals surface area contributed by atoms with Gasteiger partial charge in [-0.1, -0.05) is 36.0 Å². The molecule has 1 aromatic heterocycles. The molecule has 2 aromatic carbocycles. The van der Waals surface area contributed by atoms with E-state index in [0.717, 1.165) is 51.0 Å². The number of non-ortho nitro benzene ring substituents is 1. The first-order valence-corrected chi connectivity index (χ1v) is 12.3. The summed E-state index contributed by atoms with van der Waals surface area (Å²) in [6, 6.07) is 14.0. The molecule has 0 amide bonds. The van der Waals surface area contributed by atoms with Gasteiger partial charge in [0.1, 0.15) is 0 Å². The molecule has 1 aliphatic rings. The van der Waals surface area contributed by atoms with Gasteiger partial charge in [0.25, 0.3) is 5.69 Å². The van der Waals surface area contributed by atoms with Crippen LogP contribution in [0.25, 0.3) is 5.57 Å². The standard InChI is InChI=1S/C21H15N3O5S3/c25-21(32(28,29)16-8-6-14(7-9-16)24(26)27)20-23-13-19(31-20)17-12-22-11-10-18(17)30-15-4-2-1-3-5-15/h1-10,12-13,22H,11H2. The number of carbonyl (C=O) groups excluding carboxylic acids is 1. The Morgan fingerprint density at radius 2 is 1.84 bits per heavy atom. The second-order valence-corrected chi connectivity index (χ2v) is 10.5. The minimum atomic E-state index is -4.38. The zero-order valence-electron chi connectivity index (χ0n) is 16.3. The van der Waals surface area contributed by atoms with Gasteiger partial charge < -0.3 is 5.32 Å². The van der Waals surface area contributed by atoms with Crippen LogP contribution >= 0.6 is 23.1 Å². The van der Waals surface area contributed by atoms with E-state index in [1.165, 1.54) is 6.20 Å². The lowest BCUT2D eigenvalue weighted by molar-refractivity contribution is -0.384. The van der Waals surface area contributed by atoms with Gasteiger partial charge in [0.05, 0.1) is 14.7 Å². The van der Waals surface area contributed by atoms with Crippen molar-refractivity contribution in [1.82, 2.24) is 10.3 Å². The predicted octanol–water partition coefficient (Wildman–Crippen LogP) is 4.29. The van der Waals surface area contributed by atoms with Crippen LogP contribution in [0.5, 0.6) is 0 Å². The van der Waals surface area contributed by atoms with Gasteiger partial charge in [-0.25, -0.2) is 13.4 Å². The van der Waals surface area contributed by atoms with E-state index in [0.29, 0.717) is 11.4 Å². The molecule has 4 rings (SSSR count). The maximum Gasteiger partial charge on any atom is 0.309 e. The van der Waals surface area contributed by atoms with Crippen LogP contribution in [-0.4, -0.2) is 30.0 Å². The quantitative estimate of drug-likeness (QED) is 0.406. The predicted molar refractivity (Wildman–Crippen MR) is 123 cm³/mol. The third-order valence-electron chi connectivity index (χ3n) is 4.44. The van der Waals surface area contributed by atoms with Crippen LogP contribution in [-0.2, 0) is 9.84 Å². The average Bonchev–Trinajstić information content (AvgIpc) is 3.29. The van der Waals surface area contributed by atoms with Crippen molar-refractivity contribution < 1.29 is 18.1 Å². The molecule has 32 heavy (non-hydrogen) atoms. The monoisotopic (exact) mass is 485 g/mol. The number of nitrogens with one attached hydrogen (secondary N) is 1. The Morgan fingerprint density at radius 1 is 1.12 bits per heavy atom. The largest absolute Gasteiger partial charge is 0.387 e. The van der Waals surface area contributed by atoms with Crippen LogP contribution in [0.3, 0.4) is 0 Å². The Labute approximate surface area is 191 Å². The van der Waals surface area contributed by atoms with Crippen LogP contribution in [0.4, 0.5) is 5.69 Å². The van der Waals surface area contributed by atoms with E-state index in [1.54, 1.807) is 11.8 Å². The molecule has 1 aliphatic heterocycles. The summed E-state index contributed by atoms with van der Waals surface area (Å²) in [7, 11) is -4.38. The van der Waals surface area contributed by atoms with E-state index in [1.807, 2.05) is 42.6 Å². The molecule has 11 heteroatoms. The summed E-state index contributed by atoms with van der Waals surface area (Å²) >= 11 is 2.55. The summed E-state index contributed by atoms with van der Waals surface area (Å²) in [4.78, 5) is 29.3. The Balaban J connectivity index is 1.58. The fraction of sp³-hybridized carbons (Fsp3) is 0.0476. The molecule has 0 radical (unpaired) electrons. The summed E-state index contributed by atoms with van der Waals surface area (Å²) < 4.78 is 25.4. The summed E-state index contributed by atoms with van der Waals surface area (Å²) in [5.41, 5.74) is 0.550. The average molecular weight is 486 g/mol. The van der Waals surface area contributed by atoms with E-state index in [-0.39, 0.29) is 15.6 Å². The Kier molecular flexibility index (Phi) is 6.21. The normalized spacial score (nSPS) is 13.6. The number of carbonyl (C=O) groups is 1. The van der Waals surface area contributed by atoms with Crippen molar-refractivity contribution in [3.05, 3.63) is 98.0 Å². The van der Waals surface area contributed by atoms with Crippen molar-refractivity contribution in [2.75, 3.05) is 6.54 Å². The van der Waals surface area contributed by atoms with Crippen LogP contribution in [0.1, 0.15) is 14.7 Å². The van der Waals surface area contributed by atoms with Crippen molar-refractivity contribution >= 4 is 49.3 Å². The maximum absolute atomic E-state index is 12.7. The Hall–Kier alpha value is -3.28. The highest BCUT2D eigenvalue weighted by Crippen LogP contribution is 2.39. The third-order valence-corrected chi connectivity index (χ3v) is 8.28. The van der Waals surface area contributed by atoms with Crippen LogP contribution in [0.2, 0.25) is 0 Å². The minimum Gasteiger partial charge on any atom is -0.387 e. The first-order valence-electron chi connectivity index (χ1n) is 9.23. The lowest BCUT2D eigenvalue weighted by Crippen LogP contribution is -2.15. The van der Waals surface area contributed by atoms with Gasteiger partial charge in [-0.3, -0.25) is 14.9 Å². The summed E-state index contributed by atoms with van der Waals surface area (Å²) in [5, 5.41) is 12.6. The number of dihydropyridines is 1. The maximum atomic E-state index is 12.7. The number of rotatable bonds is 6. The van der Waals surface area contributed by atoms with Gasteiger partial charge in [0, 0.05) is 46.4 Å². The second-order valence-electron chi connectivity index (χ2n) is 6.52. The van der Waals surface area contributed by atoms with Crippen LogP contribution in [0.15, 0.2) is 87.8 Å². The molecular formula is C21H15N3O5S3. The van der Waals surface area contributed by atoms with E-state index >= 15 is 0 Å². The van der Waals surface area contributed by atoms with E-state index < -0.39 is 19.9 Å². The second kappa shape index (κ2) is 9.07. The molecule has 162 valence electrons. The lowest BCUT2D eigenvalue weighted by atomic mass is 10.2. The highest BCUT2D eigenvalue weighted by atomic mass is 32.2. The van der Waals surface area contributed by atoms with Crippen molar-refractivity contribution in [2.45, 2.75) is 9.79 Å². The molecule has 0 spiro atoms. The first-order chi connectivity index (χ1) is 15.4. The van der Waals surface area contributed by atoms with E-state index in [2.05, 4.69) is 10.3 Å². The molecule has 0 unspecified atom stereocenters. The van der Waals surface area contributed by atoms with Gasteiger partial charge in [0.2, 0.25) is 9.84 Å². The first kappa shape index (κ1) is 21.9. The highest BCUT2D eigenvalue weighted by Gasteiger charge is 2.30. The molecule has 0 saturated carbocycles. The van der Waals surface area contributed by atoms with Crippen LogP contribution in [0, 0.1) is 10.1 Å². The fourth-order valence-electron chi connectivity index (χ4n) is 2.86. The number of thioether (sulfide) groups is 1. The summed E-state index contributed by atoms with van der Waals surface area (Å²) in [5.74, 6) is 0. The number of nitrogens with zero attached hydrogens (tertiary/aromatic N) is 2. The molecule has 0 atom stereocenters. The lowest BCUT2D eigenvalue weighted by Gasteiger charge is -2.15. The van der Waals surface area contributed by atoms with Gasteiger partial charge in [-0.2, -0.15) is 0 Å². The molecule has 1 N–H and O–H groups in total. The minimum absolute atomic E-state index is 0.172. The fourth-order valence-corrected chi connectivity index (χ4v) is 6.14. The molecule has 8 nitrogen and oxygen atoms in total. The zero-order chi connectivity index (χ0) is 22.7. The Morgan fingerprint density at radius 3 is 2.53 bits per heavy atom. The molecule has 0 aliphatic carbocycles. The van der Waals surface area contributed by atoms with Crippen molar-refractivity contribution in [3.8, 4) is 0 Å². The number of sulfone groups is 1. The Bertz CT molecular complexity index is 1340. The summed E-state index contributed by atoms with van der Waals surface area (Å²) in [6.45, 7) is 0.651. The molecule has 0 saturated heterocycles. The number of hydrogen-bond donors (Lipinski definition) is 1. The van der Waals surface area contributed by atoms with Crippen molar-refractivity contribution in [3.63, 3.8) is 0 Å². The number of aromatic nitrogens is 1. The van der Waals surface area contributed by atoms with Gasteiger partial charge in [-0.05, 0) is 24.3 Å².